The van der Waals surface area contributed by atoms with Gasteiger partial charge < -0.3 is 9.84 Å². The molecular weight excluding hydrogens is 474 g/mol. The molecule has 2 aliphatic carbocycles. The molecule has 2 rings (SSSR count). The van der Waals surface area contributed by atoms with Crippen LogP contribution >= 0.6 is 12.0 Å². The Balaban J connectivity index is 2.41. The third-order valence-corrected chi connectivity index (χ3v) is 5.81. The molecule has 2 fully saturated rings. The molecule has 0 aromatic carbocycles. The summed E-state index contributed by atoms with van der Waals surface area (Å²) in [5, 5.41) is 14.7. The second-order valence-electron chi connectivity index (χ2n) is 6.74. The average molecular weight is 486 g/mol. The van der Waals surface area contributed by atoms with Gasteiger partial charge in [0.1, 0.15) is 6.10 Å². The highest BCUT2D eigenvalue weighted by Crippen LogP contribution is 2.60. The summed E-state index contributed by atoms with van der Waals surface area (Å²) in [6, 6.07) is 0. The molecule has 0 saturated heterocycles. The number of halogens is 10. The van der Waals surface area contributed by atoms with Crippen molar-refractivity contribution in [2.75, 3.05) is 0 Å². The van der Waals surface area contributed by atoms with Crippen molar-refractivity contribution in [1.29, 1.82) is 0 Å². The van der Waals surface area contributed by atoms with Crippen LogP contribution in [0.25, 0.3) is 0 Å². The number of hydrogen-bond donors (Lipinski definition) is 2. The van der Waals surface area contributed by atoms with Crippen molar-refractivity contribution in [2.24, 2.45) is 11.8 Å². The number of esters is 1. The standard InChI is InChI=1S/C13H12F10O6S/c14-9(30-29-28-26,8(25)27-7-5-2-1-4(3-5)6(7)24)10(15,16)11(17,18)12(19,20)13(21,22)23/h4-7,24,26H,1-3H2. The SMILES string of the molecule is O=C(OC1C2CCC(C2)C1O)C(F)(SOOO)C(F)(F)C(F)(F)C(F)(F)C(F)(F)F. The Morgan fingerprint density at radius 1 is 0.867 bits per heavy atom. The molecule has 5 unspecified atom stereocenters. The Kier molecular flexibility index (Phi) is 6.58. The van der Waals surface area contributed by atoms with Crippen molar-refractivity contribution in [3.05, 3.63) is 0 Å². The molecule has 0 aliphatic heterocycles. The van der Waals surface area contributed by atoms with Gasteiger partial charge in [-0.1, -0.05) is 5.04 Å². The number of carbonyl (C=O) groups excluding carboxylic acids is 1. The molecule has 6 nitrogen and oxygen atoms in total. The zero-order chi connectivity index (χ0) is 23.3. The third kappa shape index (κ3) is 3.61. The molecule has 0 radical (unpaired) electrons. The Bertz CT molecular complexity index is 659. The molecule has 0 heterocycles. The van der Waals surface area contributed by atoms with Crippen LogP contribution in [0, 0.1) is 11.8 Å². The predicted octanol–water partition coefficient (Wildman–Crippen LogP) is 3.89. The van der Waals surface area contributed by atoms with Crippen LogP contribution in [-0.2, 0) is 18.9 Å². The lowest BCUT2D eigenvalue weighted by Crippen LogP contribution is -2.68. The third-order valence-electron chi connectivity index (χ3n) is 5.03. The quantitative estimate of drug-likeness (QED) is 0.177. The van der Waals surface area contributed by atoms with Crippen LogP contribution in [0.5, 0.6) is 0 Å². The van der Waals surface area contributed by atoms with Crippen molar-refractivity contribution in [3.63, 3.8) is 0 Å². The van der Waals surface area contributed by atoms with Gasteiger partial charge in [-0.15, -0.1) is 4.33 Å². The number of aliphatic hydroxyl groups excluding tert-OH is 1. The van der Waals surface area contributed by atoms with Crippen LogP contribution in [0.15, 0.2) is 0 Å². The van der Waals surface area contributed by atoms with Crippen molar-refractivity contribution >= 4 is 18.0 Å². The van der Waals surface area contributed by atoms with E-state index in [4.69, 9.17) is 5.26 Å². The molecule has 176 valence electrons. The van der Waals surface area contributed by atoms with Crippen molar-refractivity contribution in [3.8, 4) is 0 Å². The first kappa shape index (κ1) is 25.2. The molecule has 0 amide bonds. The fourth-order valence-corrected chi connectivity index (χ4v) is 3.90. The van der Waals surface area contributed by atoms with Gasteiger partial charge in [0.15, 0.2) is 0 Å². The van der Waals surface area contributed by atoms with E-state index in [1.165, 1.54) is 0 Å². The van der Waals surface area contributed by atoms with Gasteiger partial charge in [-0.2, -0.15) is 39.5 Å². The van der Waals surface area contributed by atoms with Gasteiger partial charge in [-0.05, 0) is 31.1 Å². The van der Waals surface area contributed by atoms with Crippen molar-refractivity contribution < 1.29 is 73.2 Å². The Morgan fingerprint density at radius 3 is 1.83 bits per heavy atom. The molecule has 2 N–H and O–H groups in total. The van der Waals surface area contributed by atoms with E-state index in [1.54, 1.807) is 0 Å². The number of rotatable bonds is 8. The van der Waals surface area contributed by atoms with Crippen LogP contribution in [-0.4, -0.2) is 57.5 Å². The molecule has 0 aromatic rings. The van der Waals surface area contributed by atoms with E-state index in [0.717, 1.165) is 0 Å². The van der Waals surface area contributed by atoms with Crippen LogP contribution in [0.2, 0.25) is 0 Å². The fourth-order valence-electron chi connectivity index (χ4n) is 3.43. The molecule has 0 aromatic heterocycles. The van der Waals surface area contributed by atoms with Crippen molar-refractivity contribution in [2.45, 2.75) is 60.4 Å². The minimum Gasteiger partial charge on any atom is -0.456 e. The van der Waals surface area contributed by atoms with Gasteiger partial charge in [0.25, 0.3) is 0 Å². The highest BCUT2D eigenvalue weighted by Gasteiger charge is 2.89. The fraction of sp³-hybridized carbons (Fsp3) is 0.923. The lowest BCUT2D eigenvalue weighted by Gasteiger charge is -2.39. The zero-order valence-electron chi connectivity index (χ0n) is 14.1. The summed E-state index contributed by atoms with van der Waals surface area (Å²) >= 11 is -1.83. The Labute approximate surface area is 164 Å². The van der Waals surface area contributed by atoms with E-state index < -0.39 is 71.0 Å². The van der Waals surface area contributed by atoms with Gasteiger partial charge in [0.05, 0.1) is 18.1 Å². The molecule has 2 saturated carbocycles. The smallest absolute Gasteiger partial charge is 0.456 e. The summed E-state index contributed by atoms with van der Waals surface area (Å²) in [5.41, 5.74) is 0. The van der Waals surface area contributed by atoms with E-state index in [2.05, 4.69) is 14.1 Å². The highest BCUT2D eigenvalue weighted by atomic mass is 32.2. The number of aliphatic hydroxyl groups is 1. The highest BCUT2D eigenvalue weighted by molar-refractivity contribution is 7.96. The largest absolute Gasteiger partial charge is 0.460 e. The van der Waals surface area contributed by atoms with E-state index in [1.807, 2.05) is 0 Å². The summed E-state index contributed by atoms with van der Waals surface area (Å²) in [6.45, 7) is 0. The molecule has 0 spiro atoms. The van der Waals surface area contributed by atoms with Crippen molar-refractivity contribution in [1.82, 2.24) is 0 Å². The average Bonchev–Trinajstić information content (AvgIpc) is 3.21. The molecule has 2 aliphatic rings. The lowest BCUT2D eigenvalue weighted by molar-refractivity contribution is -0.435. The molecular formula is C13H12F10O6S. The maximum Gasteiger partial charge on any atom is 0.460 e. The second-order valence-corrected chi connectivity index (χ2v) is 7.60. The normalized spacial score (nSPS) is 29.7. The minimum atomic E-state index is -7.54. The first-order valence-corrected chi connectivity index (χ1v) is 8.64. The summed E-state index contributed by atoms with van der Waals surface area (Å²) < 4.78 is 140. The second kappa shape index (κ2) is 7.83. The van der Waals surface area contributed by atoms with Gasteiger partial charge in [0, 0.05) is 0 Å². The number of fused-ring (bicyclic) bond motifs is 2. The van der Waals surface area contributed by atoms with E-state index in [0.29, 0.717) is 6.42 Å². The van der Waals surface area contributed by atoms with E-state index in [9.17, 15) is 53.8 Å². The van der Waals surface area contributed by atoms with Crippen LogP contribution in [0.3, 0.4) is 0 Å². The molecule has 17 heteroatoms. The number of carbonyl (C=O) groups is 1. The molecule has 5 atom stereocenters. The van der Waals surface area contributed by atoms with Gasteiger partial charge in [0.2, 0.25) is 0 Å². The first-order chi connectivity index (χ1) is 13.5. The number of hydrogen-bond acceptors (Lipinski definition) is 7. The van der Waals surface area contributed by atoms with Crippen LogP contribution < -0.4 is 0 Å². The topological polar surface area (TPSA) is 85.2 Å². The molecule has 2 bridgehead atoms. The monoisotopic (exact) mass is 486 g/mol. The van der Waals surface area contributed by atoms with Crippen LogP contribution in [0.4, 0.5) is 43.9 Å². The maximum absolute atomic E-state index is 14.7. The van der Waals surface area contributed by atoms with Crippen LogP contribution in [0.1, 0.15) is 19.3 Å². The minimum absolute atomic E-state index is 0.181. The Hall–Kier alpha value is -1.04. The summed E-state index contributed by atoms with van der Waals surface area (Å²) in [7, 11) is 0. The molecule has 30 heavy (non-hydrogen) atoms. The lowest BCUT2D eigenvalue weighted by atomic mass is 9.94. The van der Waals surface area contributed by atoms with Gasteiger partial charge in [-0.25, -0.2) is 14.4 Å². The van der Waals surface area contributed by atoms with Gasteiger partial charge in [-0.3, -0.25) is 0 Å². The zero-order valence-corrected chi connectivity index (χ0v) is 15.0. The number of ether oxygens (including phenoxy) is 1. The summed E-state index contributed by atoms with van der Waals surface area (Å²) in [5.74, 6) is -26.4. The van der Waals surface area contributed by atoms with Gasteiger partial charge >= 0.3 is 34.9 Å². The first-order valence-electron chi connectivity index (χ1n) is 7.89. The number of alkyl halides is 10. The predicted molar refractivity (Wildman–Crippen MR) is 73.8 cm³/mol. The van der Waals surface area contributed by atoms with E-state index in [-0.39, 0.29) is 12.8 Å². The summed E-state index contributed by atoms with van der Waals surface area (Å²) in [4.78, 5) is 11.9. The Morgan fingerprint density at radius 2 is 1.40 bits per heavy atom. The van der Waals surface area contributed by atoms with E-state index >= 15 is 0 Å². The maximum atomic E-state index is 14.7. The summed E-state index contributed by atoms with van der Waals surface area (Å²) in [6.07, 6.45) is -9.69.